The van der Waals surface area contributed by atoms with E-state index in [-0.39, 0.29) is 12.0 Å². The summed E-state index contributed by atoms with van der Waals surface area (Å²) >= 11 is 0. The van der Waals surface area contributed by atoms with Crippen LogP contribution in [0.5, 0.6) is 0 Å². The van der Waals surface area contributed by atoms with Crippen LogP contribution < -0.4 is 0 Å². The molecule has 1 unspecified atom stereocenters. The summed E-state index contributed by atoms with van der Waals surface area (Å²) in [5.41, 5.74) is 0. The normalized spacial score (nSPS) is 17.5. The maximum absolute atomic E-state index is 12.0. The van der Waals surface area contributed by atoms with Crippen LogP contribution in [-0.2, 0) is 9.53 Å². The molecule has 0 aromatic carbocycles. The Hall–Kier alpha value is -0.570. The van der Waals surface area contributed by atoms with E-state index in [9.17, 15) is 4.79 Å². The predicted molar refractivity (Wildman–Crippen MR) is 69.9 cm³/mol. The summed E-state index contributed by atoms with van der Waals surface area (Å²) < 4.78 is 5.22. The lowest BCUT2D eigenvalue weighted by Crippen LogP contribution is -2.45. The van der Waals surface area contributed by atoms with E-state index in [4.69, 9.17) is 4.74 Å². The van der Waals surface area contributed by atoms with Gasteiger partial charge in [0.1, 0.15) is 6.04 Å². The zero-order chi connectivity index (χ0) is 12.8. The van der Waals surface area contributed by atoms with Crippen LogP contribution in [-0.4, -0.2) is 36.1 Å². The molecule has 0 amide bonds. The van der Waals surface area contributed by atoms with Crippen molar-refractivity contribution in [1.82, 2.24) is 4.90 Å². The van der Waals surface area contributed by atoms with Gasteiger partial charge in [-0.1, -0.05) is 27.2 Å². The number of ether oxygens (including phenoxy) is 1. The Bertz CT molecular complexity index is 236. The minimum Gasteiger partial charge on any atom is -0.465 e. The lowest BCUT2D eigenvalue weighted by Gasteiger charge is -2.31. The van der Waals surface area contributed by atoms with Gasteiger partial charge in [0.2, 0.25) is 0 Å². The van der Waals surface area contributed by atoms with E-state index in [1.165, 1.54) is 12.8 Å². The van der Waals surface area contributed by atoms with Crippen LogP contribution in [0.15, 0.2) is 0 Å². The van der Waals surface area contributed by atoms with Gasteiger partial charge in [-0.2, -0.15) is 0 Å². The van der Waals surface area contributed by atoms with Gasteiger partial charge in [-0.05, 0) is 32.1 Å². The predicted octanol–water partition coefficient (Wildman–Crippen LogP) is 2.84. The van der Waals surface area contributed by atoms with Crippen LogP contribution in [0.2, 0.25) is 0 Å². The molecule has 17 heavy (non-hydrogen) atoms. The highest BCUT2D eigenvalue weighted by Crippen LogP contribution is 2.31. The molecule has 3 nitrogen and oxygen atoms in total. The minimum atomic E-state index is -0.0260. The first-order chi connectivity index (χ1) is 8.10. The molecule has 1 aliphatic rings. The number of nitrogens with zero attached hydrogens (tertiary/aromatic N) is 1. The average molecular weight is 241 g/mol. The first kappa shape index (κ1) is 14.5. The molecule has 0 saturated heterocycles. The Morgan fingerprint density at radius 2 is 2.00 bits per heavy atom. The van der Waals surface area contributed by atoms with Gasteiger partial charge in [-0.3, -0.25) is 9.69 Å². The lowest BCUT2D eigenvalue weighted by atomic mass is 10.1. The van der Waals surface area contributed by atoms with Crippen LogP contribution in [0, 0.1) is 5.92 Å². The molecule has 0 radical (unpaired) electrons. The molecule has 1 fully saturated rings. The highest BCUT2D eigenvalue weighted by Gasteiger charge is 2.37. The van der Waals surface area contributed by atoms with Gasteiger partial charge in [0, 0.05) is 12.6 Å². The summed E-state index contributed by atoms with van der Waals surface area (Å²) in [6.45, 7) is 9.93. The van der Waals surface area contributed by atoms with Crippen molar-refractivity contribution >= 4 is 5.97 Å². The van der Waals surface area contributed by atoms with Crippen molar-refractivity contribution in [2.75, 3.05) is 13.2 Å². The quantitative estimate of drug-likeness (QED) is 0.612. The van der Waals surface area contributed by atoms with Crippen molar-refractivity contribution in [3.63, 3.8) is 0 Å². The molecule has 1 aliphatic carbocycles. The standard InChI is InChI=1S/C14H27NO2/c1-5-7-13(14(16)17-6-2)15(10-11(3)4)12-8-9-12/h11-13H,5-10H2,1-4H3. The summed E-state index contributed by atoms with van der Waals surface area (Å²) in [6, 6.07) is 0.605. The third-order valence-corrected chi connectivity index (χ3v) is 3.11. The second-order valence-electron chi connectivity index (χ2n) is 5.38. The fraction of sp³-hybridized carbons (Fsp3) is 0.929. The Morgan fingerprint density at radius 1 is 1.35 bits per heavy atom. The van der Waals surface area contributed by atoms with Gasteiger partial charge >= 0.3 is 5.97 Å². The zero-order valence-corrected chi connectivity index (χ0v) is 11.7. The molecule has 0 spiro atoms. The lowest BCUT2D eigenvalue weighted by molar-refractivity contribution is -0.150. The van der Waals surface area contributed by atoms with Crippen molar-refractivity contribution in [3.8, 4) is 0 Å². The van der Waals surface area contributed by atoms with Gasteiger partial charge in [0.05, 0.1) is 6.61 Å². The van der Waals surface area contributed by atoms with E-state index in [1.807, 2.05) is 6.92 Å². The van der Waals surface area contributed by atoms with Gasteiger partial charge in [-0.25, -0.2) is 0 Å². The van der Waals surface area contributed by atoms with Crippen molar-refractivity contribution in [1.29, 1.82) is 0 Å². The van der Waals surface area contributed by atoms with E-state index in [1.54, 1.807) is 0 Å². The van der Waals surface area contributed by atoms with Gasteiger partial charge in [0.25, 0.3) is 0 Å². The van der Waals surface area contributed by atoms with E-state index in [0.717, 1.165) is 19.4 Å². The van der Waals surface area contributed by atoms with Crippen LogP contribution in [0.4, 0.5) is 0 Å². The Kier molecular flexibility index (Phi) is 5.96. The molecule has 0 N–H and O–H groups in total. The van der Waals surface area contributed by atoms with Crippen molar-refractivity contribution in [2.45, 2.75) is 65.5 Å². The molecular weight excluding hydrogens is 214 g/mol. The summed E-state index contributed by atoms with van der Waals surface area (Å²) in [5, 5.41) is 0. The molecular formula is C14H27NO2. The number of rotatable bonds is 8. The molecule has 0 bridgehead atoms. The van der Waals surface area contributed by atoms with E-state index < -0.39 is 0 Å². The zero-order valence-electron chi connectivity index (χ0n) is 11.7. The molecule has 3 heteroatoms. The Labute approximate surface area is 106 Å². The van der Waals surface area contributed by atoms with Gasteiger partial charge in [0.15, 0.2) is 0 Å². The fourth-order valence-corrected chi connectivity index (χ4v) is 2.29. The summed E-state index contributed by atoms with van der Waals surface area (Å²) in [4.78, 5) is 14.4. The number of hydrogen-bond acceptors (Lipinski definition) is 3. The van der Waals surface area contributed by atoms with Crippen LogP contribution in [0.1, 0.15) is 53.4 Å². The van der Waals surface area contributed by atoms with Gasteiger partial charge < -0.3 is 4.74 Å². The monoisotopic (exact) mass is 241 g/mol. The third kappa shape index (κ3) is 4.66. The Morgan fingerprint density at radius 3 is 2.41 bits per heavy atom. The Balaban J connectivity index is 2.65. The van der Waals surface area contributed by atoms with Crippen molar-refractivity contribution in [3.05, 3.63) is 0 Å². The van der Waals surface area contributed by atoms with Crippen molar-refractivity contribution < 1.29 is 9.53 Å². The van der Waals surface area contributed by atoms with E-state index in [0.29, 0.717) is 18.6 Å². The highest BCUT2D eigenvalue weighted by atomic mass is 16.5. The number of esters is 1. The third-order valence-electron chi connectivity index (χ3n) is 3.11. The summed E-state index contributed by atoms with van der Waals surface area (Å²) in [7, 11) is 0. The summed E-state index contributed by atoms with van der Waals surface area (Å²) in [5.74, 6) is 0.575. The van der Waals surface area contributed by atoms with Crippen LogP contribution in [0.3, 0.4) is 0 Å². The number of carbonyl (C=O) groups is 1. The first-order valence-electron chi connectivity index (χ1n) is 7.02. The second-order valence-corrected chi connectivity index (χ2v) is 5.38. The maximum Gasteiger partial charge on any atom is 0.323 e. The molecule has 1 saturated carbocycles. The molecule has 0 aliphatic heterocycles. The smallest absolute Gasteiger partial charge is 0.323 e. The fourth-order valence-electron chi connectivity index (χ4n) is 2.29. The van der Waals surface area contributed by atoms with Crippen LogP contribution >= 0.6 is 0 Å². The molecule has 0 aromatic heterocycles. The topological polar surface area (TPSA) is 29.5 Å². The van der Waals surface area contributed by atoms with Crippen molar-refractivity contribution in [2.24, 2.45) is 5.92 Å². The second kappa shape index (κ2) is 7.00. The highest BCUT2D eigenvalue weighted by molar-refractivity contribution is 5.75. The first-order valence-corrected chi connectivity index (χ1v) is 7.02. The number of carbonyl (C=O) groups excluding carboxylic acids is 1. The largest absolute Gasteiger partial charge is 0.465 e. The average Bonchev–Trinajstić information content (AvgIpc) is 3.06. The molecule has 1 rings (SSSR count). The summed E-state index contributed by atoms with van der Waals surface area (Å²) in [6.07, 6.45) is 4.44. The minimum absolute atomic E-state index is 0.0187. The maximum atomic E-state index is 12.0. The van der Waals surface area contributed by atoms with E-state index >= 15 is 0 Å². The molecule has 100 valence electrons. The van der Waals surface area contributed by atoms with Crippen LogP contribution in [0.25, 0.3) is 0 Å². The molecule has 1 atom stereocenters. The SMILES string of the molecule is CCCC(C(=O)OCC)N(CC(C)C)C1CC1. The van der Waals surface area contributed by atoms with E-state index in [2.05, 4.69) is 25.7 Å². The molecule has 0 aromatic rings. The molecule has 0 heterocycles. The van der Waals surface area contributed by atoms with Gasteiger partial charge in [-0.15, -0.1) is 0 Å². The number of hydrogen-bond donors (Lipinski definition) is 0.